The van der Waals surface area contributed by atoms with Crippen molar-refractivity contribution in [3.8, 4) is 0 Å². The smallest absolute Gasteiger partial charge is 0.265 e. The molecule has 0 aromatic heterocycles. The zero-order valence-corrected chi connectivity index (χ0v) is 15.5. The van der Waals surface area contributed by atoms with Gasteiger partial charge in [-0.3, -0.25) is 14.1 Å². The molecule has 0 unspecified atom stereocenters. The Morgan fingerprint density at radius 1 is 1.08 bits per heavy atom. The Kier molecular flexibility index (Phi) is 3.82. The van der Waals surface area contributed by atoms with Crippen molar-refractivity contribution in [2.45, 2.75) is 58.3 Å². The number of carbonyl (C=O) groups excluding carboxylic acids is 2. The molecule has 4 rings (SSSR count). The van der Waals surface area contributed by atoms with Crippen molar-refractivity contribution < 1.29 is 22.6 Å². The Labute approximate surface area is 149 Å². The minimum atomic E-state index is -4.14. The van der Waals surface area contributed by atoms with E-state index >= 15 is 0 Å². The standard InChI is InChI=1S/C19H26O5S/c1-18-8-7-16-14(15(18)4-5-17(18)21)3-2-12-10-13(20)6-9-19(12,16)11-25(22,23)24/h10,14-16H,2-9,11H2,1H3,(H,22,23,24)/t14-,15-,16-,18-,19+/m0/s1. The molecule has 0 aromatic rings. The summed E-state index contributed by atoms with van der Waals surface area (Å²) in [6.45, 7) is 2.09. The summed E-state index contributed by atoms with van der Waals surface area (Å²) in [5.74, 6) is 0.925. The van der Waals surface area contributed by atoms with Crippen LogP contribution >= 0.6 is 0 Å². The molecule has 1 N–H and O–H groups in total. The minimum absolute atomic E-state index is 0.0658. The van der Waals surface area contributed by atoms with Gasteiger partial charge in [0, 0.05) is 23.7 Å². The highest BCUT2D eigenvalue weighted by atomic mass is 32.2. The quantitative estimate of drug-likeness (QED) is 0.759. The van der Waals surface area contributed by atoms with E-state index < -0.39 is 15.5 Å². The maximum atomic E-state index is 12.4. The van der Waals surface area contributed by atoms with E-state index in [4.69, 9.17) is 0 Å². The summed E-state index contributed by atoms with van der Waals surface area (Å²) >= 11 is 0. The molecular weight excluding hydrogens is 340 g/mol. The fourth-order valence-electron chi connectivity index (χ4n) is 6.73. The number of rotatable bonds is 2. The molecule has 4 aliphatic rings. The molecule has 3 saturated carbocycles. The predicted octanol–water partition coefficient (Wildman–Crippen LogP) is 2.96. The first-order valence-corrected chi connectivity index (χ1v) is 11.0. The third kappa shape index (κ3) is 2.55. The van der Waals surface area contributed by atoms with E-state index in [0.717, 1.165) is 31.3 Å². The van der Waals surface area contributed by atoms with Crippen LogP contribution in [0.15, 0.2) is 11.6 Å². The topological polar surface area (TPSA) is 88.5 Å². The lowest BCUT2D eigenvalue weighted by Gasteiger charge is -2.57. The van der Waals surface area contributed by atoms with Crippen LogP contribution in [-0.2, 0) is 19.7 Å². The molecule has 0 bridgehead atoms. The average molecular weight is 366 g/mol. The van der Waals surface area contributed by atoms with Crippen molar-refractivity contribution in [3.05, 3.63) is 11.6 Å². The number of fused-ring (bicyclic) bond motifs is 5. The third-order valence-electron chi connectivity index (χ3n) is 7.84. The van der Waals surface area contributed by atoms with E-state index in [1.165, 1.54) is 0 Å². The largest absolute Gasteiger partial charge is 0.299 e. The number of carbonyl (C=O) groups is 2. The van der Waals surface area contributed by atoms with Gasteiger partial charge in [0.2, 0.25) is 0 Å². The Morgan fingerprint density at radius 3 is 2.56 bits per heavy atom. The highest BCUT2D eigenvalue weighted by Crippen LogP contribution is 2.64. The van der Waals surface area contributed by atoms with Crippen LogP contribution < -0.4 is 0 Å². The summed E-state index contributed by atoms with van der Waals surface area (Å²) in [7, 11) is -4.14. The second-order valence-electron chi connectivity index (χ2n) is 8.85. The number of Topliss-reactive ketones (excluding diaryl/α,β-unsaturated/α-hetero) is 1. The van der Waals surface area contributed by atoms with E-state index in [1.807, 2.05) is 0 Å². The molecule has 0 heterocycles. The van der Waals surface area contributed by atoms with Crippen LogP contribution in [0.5, 0.6) is 0 Å². The highest BCUT2D eigenvalue weighted by molar-refractivity contribution is 7.85. The van der Waals surface area contributed by atoms with Crippen molar-refractivity contribution in [1.29, 1.82) is 0 Å². The maximum absolute atomic E-state index is 12.4. The monoisotopic (exact) mass is 366 g/mol. The van der Waals surface area contributed by atoms with E-state index in [-0.39, 0.29) is 22.9 Å². The lowest BCUT2D eigenvalue weighted by Crippen LogP contribution is -2.53. The van der Waals surface area contributed by atoms with Gasteiger partial charge in [0.05, 0.1) is 5.75 Å². The van der Waals surface area contributed by atoms with Gasteiger partial charge in [-0.1, -0.05) is 12.5 Å². The molecule has 0 amide bonds. The Bertz CT molecular complexity index is 767. The maximum Gasteiger partial charge on any atom is 0.265 e. The number of hydrogen-bond acceptors (Lipinski definition) is 4. The van der Waals surface area contributed by atoms with Gasteiger partial charge in [0.15, 0.2) is 5.78 Å². The summed E-state index contributed by atoms with van der Waals surface area (Å²) < 4.78 is 33.3. The van der Waals surface area contributed by atoms with Crippen molar-refractivity contribution in [3.63, 3.8) is 0 Å². The zero-order valence-electron chi connectivity index (χ0n) is 14.7. The number of allylic oxidation sites excluding steroid dienone is 1. The van der Waals surface area contributed by atoms with Crippen LogP contribution in [0.25, 0.3) is 0 Å². The van der Waals surface area contributed by atoms with E-state index in [1.54, 1.807) is 6.08 Å². The van der Waals surface area contributed by atoms with Gasteiger partial charge in [0.25, 0.3) is 10.1 Å². The molecular formula is C19H26O5S. The van der Waals surface area contributed by atoms with Gasteiger partial charge in [-0.2, -0.15) is 8.42 Å². The molecule has 0 saturated heterocycles. The van der Waals surface area contributed by atoms with Gasteiger partial charge in [0.1, 0.15) is 5.78 Å². The molecule has 5 nitrogen and oxygen atoms in total. The van der Waals surface area contributed by atoms with Crippen molar-refractivity contribution in [2.75, 3.05) is 5.75 Å². The van der Waals surface area contributed by atoms with Crippen LogP contribution in [0.4, 0.5) is 0 Å². The molecule has 0 radical (unpaired) electrons. The van der Waals surface area contributed by atoms with E-state index in [0.29, 0.717) is 43.3 Å². The Morgan fingerprint density at radius 2 is 1.84 bits per heavy atom. The number of hydrogen-bond donors (Lipinski definition) is 1. The molecule has 138 valence electrons. The zero-order chi connectivity index (χ0) is 18.0. The van der Waals surface area contributed by atoms with Crippen molar-refractivity contribution in [2.24, 2.45) is 28.6 Å². The molecule has 5 atom stereocenters. The van der Waals surface area contributed by atoms with Crippen molar-refractivity contribution >= 4 is 21.7 Å². The van der Waals surface area contributed by atoms with E-state index in [9.17, 15) is 22.6 Å². The van der Waals surface area contributed by atoms with Crippen molar-refractivity contribution in [1.82, 2.24) is 0 Å². The van der Waals surface area contributed by atoms with Gasteiger partial charge in [-0.25, -0.2) is 0 Å². The lowest BCUT2D eigenvalue weighted by molar-refractivity contribution is -0.132. The van der Waals surface area contributed by atoms with Gasteiger partial charge >= 0.3 is 0 Å². The third-order valence-corrected chi connectivity index (χ3v) is 8.72. The first kappa shape index (κ1) is 17.4. The van der Waals surface area contributed by atoms with Crippen LogP contribution in [0.3, 0.4) is 0 Å². The molecule has 25 heavy (non-hydrogen) atoms. The summed E-state index contributed by atoms with van der Waals surface area (Å²) in [5, 5.41) is 0. The molecule has 3 fully saturated rings. The summed E-state index contributed by atoms with van der Waals surface area (Å²) in [6.07, 6.45) is 7.29. The Hall–Kier alpha value is -1.01. The fraction of sp³-hybridized carbons (Fsp3) is 0.789. The van der Waals surface area contributed by atoms with Crippen LogP contribution in [0.1, 0.15) is 58.3 Å². The molecule has 6 heteroatoms. The summed E-state index contributed by atoms with van der Waals surface area (Å²) in [5.41, 5.74) is 0.0549. The van der Waals surface area contributed by atoms with Gasteiger partial charge in [-0.05, 0) is 62.4 Å². The second-order valence-corrected chi connectivity index (χ2v) is 10.3. The minimum Gasteiger partial charge on any atom is -0.299 e. The highest BCUT2D eigenvalue weighted by Gasteiger charge is 2.60. The normalized spacial score (nSPS) is 43.9. The van der Waals surface area contributed by atoms with Gasteiger partial charge < -0.3 is 0 Å². The first-order valence-electron chi connectivity index (χ1n) is 9.38. The molecule has 4 aliphatic carbocycles. The first-order chi connectivity index (χ1) is 11.7. The summed E-state index contributed by atoms with van der Waals surface area (Å²) in [4.78, 5) is 24.4. The fourth-order valence-corrected chi connectivity index (χ4v) is 7.92. The van der Waals surface area contributed by atoms with E-state index in [2.05, 4.69) is 6.92 Å². The van der Waals surface area contributed by atoms with Crippen LogP contribution in [0, 0.1) is 28.6 Å². The second kappa shape index (κ2) is 5.49. The number of ketones is 2. The molecule has 0 spiro atoms. The average Bonchev–Trinajstić information content (AvgIpc) is 2.82. The van der Waals surface area contributed by atoms with Crippen LogP contribution in [0.2, 0.25) is 0 Å². The van der Waals surface area contributed by atoms with Gasteiger partial charge in [-0.15, -0.1) is 0 Å². The molecule has 0 aromatic carbocycles. The summed E-state index contributed by atoms with van der Waals surface area (Å²) in [6, 6.07) is 0. The predicted molar refractivity (Wildman–Crippen MR) is 92.5 cm³/mol. The SMILES string of the molecule is C[C@]12CC[C@H]3[C@@H](CCC4=CC(=O)CC[C@@]43CS(=O)(=O)O)[C@@H]1CCC2=O. The Balaban J connectivity index is 1.77. The van der Waals surface area contributed by atoms with Crippen LogP contribution in [-0.4, -0.2) is 30.3 Å². The molecule has 0 aliphatic heterocycles. The lowest BCUT2D eigenvalue weighted by atomic mass is 9.47.